The van der Waals surface area contributed by atoms with Crippen molar-refractivity contribution in [2.75, 3.05) is 11.9 Å². The highest BCUT2D eigenvalue weighted by Crippen LogP contribution is 2.21. The quantitative estimate of drug-likeness (QED) is 0.907. The highest BCUT2D eigenvalue weighted by atomic mass is 16.5. The summed E-state index contributed by atoms with van der Waals surface area (Å²) in [5, 5.41) is 2.90. The number of aromatic nitrogens is 1. The molecule has 0 atom stereocenters. The molecule has 1 aliphatic carbocycles. The summed E-state index contributed by atoms with van der Waals surface area (Å²) in [5.74, 6) is -0.0937. The molecule has 1 heterocycles. The molecule has 0 bridgehead atoms. The number of ether oxygens (including phenoxy) is 1. The van der Waals surface area contributed by atoms with E-state index < -0.39 is 0 Å². The number of hydrogen-bond donors (Lipinski definition) is 1. The zero-order chi connectivity index (χ0) is 13.8. The summed E-state index contributed by atoms with van der Waals surface area (Å²) in [6.07, 6.45) is 4.86. The van der Waals surface area contributed by atoms with Crippen LogP contribution in [-0.2, 0) is 9.53 Å². The monoisotopic (exact) mass is 262 g/mol. The van der Waals surface area contributed by atoms with Gasteiger partial charge in [-0.3, -0.25) is 9.78 Å². The van der Waals surface area contributed by atoms with Crippen LogP contribution in [-0.4, -0.2) is 23.6 Å². The molecule has 1 aliphatic rings. The number of anilines is 1. The maximum atomic E-state index is 11.9. The van der Waals surface area contributed by atoms with Crippen LogP contribution in [0.4, 0.5) is 5.69 Å². The van der Waals surface area contributed by atoms with Crippen LogP contribution in [0.15, 0.2) is 6.07 Å². The van der Waals surface area contributed by atoms with E-state index in [0.717, 1.165) is 35.5 Å². The molecular formula is C15H22N2O2. The summed E-state index contributed by atoms with van der Waals surface area (Å²) in [7, 11) is 0. The van der Waals surface area contributed by atoms with Crippen molar-refractivity contribution in [3.63, 3.8) is 0 Å². The molecule has 4 heteroatoms. The Balaban J connectivity index is 1.91. The van der Waals surface area contributed by atoms with Gasteiger partial charge in [-0.1, -0.05) is 12.8 Å². The van der Waals surface area contributed by atoms with Crippen molar-refractivity contribution in [2.45, 2.75) is 52.6 Å². The van der Waals surface area contributed by atoms with E-state index >= 15 is 0 Å². The van der Waals surface area contributed by atoms with E-state index in [1.807, 2.05) is 26.8 Å². The van der Waals surface area contributed by atoms with Gasteiger partial charge in [-0.05, 0) is 45.2 Å². The Labute approximate surface area is 114 Å². The maximum Gasteiger partial charge on any atom is 0.250 e. The van der Waals surface area contributed by atoms with E-state index in [1.54, 1.807) is 0 Å². The van der Waals surface area contributed by atoms with Gasteiger partial charge < -0.3 is 10.1 Å². The number of carbonyl (C=O) groups is 1. The van der Waals surface area contributed by atoms with Gasteiger partial charge in [0.2, 0.25) is 5.91 Å². The number of hydrogen-bond acceptors (Lipinski definition) is 3. The van der Waals surface area contributed by atoms with Crippen LogP contribution in [0.2, 0.25) is 0 Å². The standard InChI is InChI=1S/C15H22N2O2/c1-10-8-11(2)16-12(3)15(10)17-14(18)9-19-13-6-4-5-7-13/h8,13H,4-7,9H2,1-3H3,(H,17,18). The molecule has 0 spiro atoms. The second kappa shape index (κ2) is 6.15. The number of aryl methyl sites for hydroxylation is 3. The summed E-state index contributed by atoms with van der Waals surface area (Å²) in [4.78, 5) is 16.3. The van der Waals surface area contributed by atoms with Crippen LogP contribution < -0.4 is 5.32 Å². The molecule has 0 aliphatic heterocycles. The van der Waals surface area contributed by atoms with E-state index in [2.05, 4.69) is 10.3 Å². The summed E-state index contributed by atoms with van der Waals surface area (Å²) in [6.45, 7) is 5.98. The molecule has 19 heavy (non-hydrogen) atoms. The highest BCUT2D eigenvalue weighted by molar-refractivity contribution is 5.93. The topological polar surface area (TPSA) is 51.2 Å². The molecular weight excluding hydrogens is 240 g/mol. The summed E-state index contributed by atoms with van der Waals surface area (Å²) in [6, 6.07) is 1.97. The smallest absolute Gasteiger partial charge is 0.250 e. The minimum absolute atomic E-state index is 0.0937. The zero-order valence-corrected chi connectivity index (χ0v) is 12.0. The Morgan fingerprint density at radius 2 is 2.05 bits per heavy atom. The third-order valence-corrected chi connectivity index (χ3v) is 3.54. The lowest BCUT2D eigenvalue weighted by Crippen LogP contribution is -2.23. The van der Waals surface area contributed by atoms with Crippen LogP contribution in [0, 0.1) is 20.8 Å². The molecule has 0 unspecified atom stereocenters. The first-order valence-corrected chi connectivity index (χ1v) is 6.92. The summed E-state index contributed by atoms with van der Waals surface area (Å²) >= 11 is 0. The van der Waals surface area contributed by atoms with Gasteiger partial charge in [0.05, 0.1) is 17.5 Å². The number of rotatable bonds is 4. The van der Waals surface area contributed by atoms with Crippen molar-refractivity contribution in [1.82, 2.24) is 4.98 Å². The Hall–Kier alpha value is -1.42. The fourth-order valence-corrected chi connectivity index (χ4v) is 2.64. The van der Waals surface area contributed by atoms with Crippen molar-refractivity contribution in [3.8, 4) is 0 Å². The molecule has 0 aromatic carbocycles. The van der Waals surface area contributed by atoms with Gasteiger partial charge in [0, 0.05) is 5.69 Å². The van der Waals surface area contributed by atoms with E-state index in [9.17, 15) is 4.79 Å². The first-order chi connectivity index (χ1) is 9.06. The molecule has 1 aromatic rings. The molecule has 0 saturated heterocycles. The number of nitrogens with zero attached hydrogens (tertiary/aromatic N) is 1. The SMILES string of the molecule is Cc1cc(C)c(NC(=O)COC2CCCC2)c(C)n1. The van der Waals surface area contributed by atoms with Crippen LogP contribution in [0.5, 0.6) is 0 Å². The van der Waals surface area contributed by atoms with Gasteiger partial charge in [0.25, 0.3) is 0 Å². The first-order valence-electron chi connectivity index (χ1n) is 6.92. The fraction of sp³-hybridized carbons (Fsp3) is 0.600. The predicted octanol–water partition coefficient (Wildman–Crippen LogP) is 2.90. The van der Waals surface area contributed by atoms with E-state index in [1.165, 1.54) is 12.8 Å². The lowest BCUT2D eigenvalue weighted by molar-refractivity contribution is -0.122. The predicted molar refractivity (Wildman–Crippen MR) is 75.3 cm³/mol. The molecule has 1 aromatic heterocycles. The normalized spacial score (nSPS) is 15.7. The van der Waals surface area contributed by atoms with Crippen molar-refractivity contribution in [1.29, 1.82) is 0 Å². The molecule has 2 rings (SSSR count). The lowest BCUT2D eigenvalue weighted by atomic mass is 10.1. The Bertz CT molecular complexity index is 442. The number of amides is 1. The van der Waals surface area contributed by atoms with E-state index in [4.69, 9.17) is 4.74 Å². The average molecular weight is 262 g/mol. The maximum absolute atomic E-state index is 11.9. The summed E-state index contributed by atoms with van der Waals surface area (Å²) < 4.78 is 5.61. The van der Waals surface area contributed by atoms with E-state index in [-0.39, 0.29) is 18.6 Å². The second-order valence-corrected chi connectivity index (χ2v) is 5.31. The molecule has 1 saturated carbocycles. The third kappa shape index (κ3) is 3.77. The van der Waals surface area contributed by atoms with Gasteiger partial charge in [0.15, 0.2) is 0 Å². The molecule has 1 N–H and O–H groups in total. The zero-order valence-electron chi connectivity index (χ0n) is 12.0. The lowest BCUT2D eigenvalue weighted by Gasteiger charge is -2.14. The third-order valence-electron chi connectivity index (χ3n) is 3.54. The van der Waals surface area contributed by atoms with Crippen LogP contribution >= 0.6 is 0 Å². The fourth-order valence-electron chi connectivity index (χ4n) is 2.64. The molecule has 104 valence electrons. The highest BCUT2D eigenvalue weighted by Gasteiger charge is 2.17. The van der Waals surface area contributed by atoms with Gasteiger partial charge in [0.1, 0.15) is 6.61 Å². The molecule has 1 fully saturated rings. The minimum Gasteiger partial charge on any atom is -0.368 e. The van der Waals surface area contributed by atoms with Gasteiger partial charge in [-0.25, -0.2) is 0 Å². The van der Waals surface area contributed by atoms with Gasteiger partial charge in [-0.15, -0.1) is 0 Å². The number of pyridine rings is 1. The molecule has 1 amide bonds. The van der Waals surface area contributed by atoms with Gasteiger partial charge in [-0.2, -0.15) is 0 Å². The number of nitrogens with one attached hydrogen (secondary N) is 1. The second-order valence-electron chi connectivity index (χ2n) is 5.31. The number of carbonyl (C=O) groups excluding carboxylic acids is 1. The van der Waals surface area contributed by atoms with Crippen molar-refractivity contribution in [2.24, 2.45) is 0 Å². The Kier molecular flexibility index (Phi) is 4.53. The Morgan fingerprint density at radius 3 is 2.68 bits per heavy atom. The van der Waals surface area contributed by atoms with Gasteiger partial charge >= 0.3 is 0 Å². The average Bonchev–Trinajstić information content (AvgIpc) is 2.84. The first kappa shape index (κ1) is 14.0. The van der Waals surface area contributed by atoms with Crippen molar-refractivity contribution < 1.29 is 9.53 Å². The largest absolute Gasteiger partial charge is 0.368 e. The van der Waals surface area contributed by atoms with Crippen molar-refractivity contribution >= 4 is 11.6 Å². The van der Waals surface area contributed by atoms with Crippen molar-refractivity contribution in [3.05, 3.63) is 23.0 Å². The Morgan fingerprint density at radius 1 is 1.37 bits per heavy atom. The van der Waals surface area contributed by atoms with Crippen LogP contribution in [0.3, 0.4) is 0 Å². The van der Waals surface area contributed by atoms with Crippen LogP contribution in [0.25, 0.3) is 0 Å². The molecule has 0 radical (unpaired) electrons. The molecule has 4 nitrogen and oxygen atoms in total. The summed E-state index contributed by atoms with van der Waals surface area (Å²) in [5.41, 5.74) is 3.67. The van der Waals surface area contributed by atoms with E-state index in [0.29, 0.717) is 0 Å². The van der Waals surface area contributed by atoms with Crippen LogP contribution in [0.1, 0.15) is 42.6 Å². The minimum atomic E-state index is -0.0937.